The van der Waals surface area contributed by atoms with Crippen molar-refractivity contribution >= 4 is 13.7 Å². The molecule has 366 valence electrons. The van der Waals surface area contributed by atoms with Gasteiger partial charge in [0.25, 0.3) is 7.82 Å². The predicted octanol–water partition coefficient (Wildman–Crippen LogP) is 14.5. The van der Waals surface area contributed by atoms with Crippen LogP contribution in [0.5, 0.6) is 0 Å². The van der Waals surface area contributed by atoms with Gasteiger partial charge in [0, 0.05) is 6.42 Å². The Bertz CT molecular complexity index is 1250. The van der Waals surface area contributed by atoms with Crippen molar-refractivity contribution in [2.24, 2.45) is 0 Å². The summed E-state index contributed by atoms with van der Waals surface area (Å²) in [7, 11) is 1.20. The third-order valence-corrected chi connectivity index (χ3v) is 12.2. The summed E-state index contributed by atoms with van der Waals surface area (Å²) in [5.74, 6) is -0.325. The van der Waals surface area contributed by atoms with Crippen LogP contribution in [0.2, 0.25) is 0 Å². The van der Waals surface area contributed by atoms with Gasteiger partial charge in [0.15, 0.2) is 0 Å². The molecule has 0 aromatic carbocycles. The number of nitrogens with zero attached hydrogens (tertiary/aromatic N) is 1. The molecule has 9 heteroatoms. The molecule has 0 aliphatic heterocycles. The second-order valence-electron chi connectivity index (χ2n) is 18.5. The molecule has 0 fully saturated rings. The lowest BCUT2D eigenvalue weighted by Gasteiger charge is -2.29. The van der Waals surface area contributed by atoms with Crippen molar-refractivity contribution in [1.82, 2.24) is 5.32 Å². The van der Waals surface area contributed by atoms with E-state index in [1.54, 1.807) is 12.2 Å². The smallest absolute Gasteiger partial charge is 0.268 e. The Morgan fingerprint density at radius 2 is 0.952 bits per heavy atom. The van der Waals surface area contributed by atoms with Crippen molar-refractivity contribution in [2.45, 2.75) is 225 Å². The molecule has 0 saturated heterocycles. The maximum Gasteiger partial charge on any atom is 0.268 e. The molecule has 0 aromatic heterocycles. The number of amides is 1. The molecule has 0 saturated carbocycles. The summed E-state index contributed by atoms with van der Waals surface area (Å²) < 4.78 is 23.2. The van der Waals surface area contributed by atoms with Crippen LogP contribution in [0, 0.1) is 0 Å². The molecule has 0 spiro atoms. The number of nitrogens with one attached hydrogen (secondary N) is 1. The number of phosphoric acid groups is 1. The van der Waals surface area contributed by atoms with E-state index in [9.17, 15) is 19.4 Å². The second-order valence-corrected chi connectivity index (χ2v) is 19.9. The first-order chi connectivity index (χ1) is 30.5. The van der Waals surface area contributed by atoms with E-state index < -0.39 is 26.6 Å². The van der Waals surface area contributed by atoms with Crippen LogP contribution in [-0.2, 0) is 18.4 Å². The first-order valence-corrected chi connectivity index (χ1v) is 27.3. The highest BCUT2D eigenvalue weighted by Crippen LogP contribution is 2.38. The molecule has 8 nitrogen and oxygen atoms in total. The lowest BCUT2D eigenvalue weighted by atomic mass is 10.0. The first-order valence-electron chi connectivity index (χ1n) is 25.8. The number of aliphatic hydroxyl groups excluding tert-OH is 1. The van der Waals surface area contributed by atoms with Crippen molar-refractivity contribution in [2.75, 3.05) is 40.9 Å². The Morgan fingerprint density at radius 3 is 1.35 bits per heavy atom. The van der Waals surface area contributed by atoms with Gasteiger partial charge in [-0.2, -0.15) is 0 Å². The molecule has 3 unspecified atom stereocenters. The Hall–Kier alpha value is -2.06. The zero-order chi connectivity index (χ0) is 46.4. The van der Waals surface area contributed by atoms with Crippen molar-refractivity contribution in [3.8, 4) is 0 Å². The fourth-order valence-electron chi connectivity index (χ4n) is 7.16. The quantitative estimate of drug-likeness (QED) is 0.0273. The van der Waals surface area contributed by atoms with Gasteiger partial charge in [-0.05, 0) is 44.9 Å². The number of unbranched alkanes of at least 4 members (excludes halogenated alkanes) is 24. The Kier molecular flexibility index (Phi) is 43.6. The largest absolute Gasteiger partial charge is 0.756 e. The molecule has 0 radical (unpaired) electrons. The molecule has 2 N–H and O–H groups in total. The average molecular weight is 903 g/mol. The van der Waals surface area contributed by atoms with Crippen LogP contribution in [-0.4, -0.2) is 68.5 Å². The number of quaternary nitrogens is 1. The topological polar surface area (TPSA) is 108 Å². The van der Waals surface area contributed by atoms with Gasteiger partial charge in [-0.3, -0.25) is 9.36 Å². The van der Waals surface area contributed by atoms with Gasteiger partial charge in [-0.1, -0.05) is 234 Å². The fourth-order valence-corrected chi connectivity index (χ4v) is 7.89. The highest BCUT2D eigenvalue weighted by molar-refractivity contribution is 7.45. The Balaban J connectivity index is 4.32. The number of carbonyl (C=O) groups is 1. The summed E-state index contributed by atoms with van der Waals surface area (Å²) in [6, 6.07) is -0.944. The van der Waals surface area contributed by atoms with Gasteiger partial charge < -0.3 is 28.8 Å². The van der Waals surface area contributed by atoms with E-state index in [0.717, 1.165) is 44.9 Å². The molecule has 0 aliphatic rings. The molecule has 3 atom stereocenters. The van der Waals surface area contributed by atoms with Crippen molar-refractivity contribution in [3.05, 3.63) is 72.9 Å². The van der Waals surface area contributed by atoms with Crippen molar-refractivity contribution in [1.29, 1.82) is 0 Å². The third-order valence-electron chi connectivity index (χ3n) is 11.2. The lowest BCUT2D eigenvalue weighted by Crippen LogP contribution is -2.45. The summed E-state index contributed by atoms with van der Waals surface area (Å²) in [5.41, 5.74) is 0. The van der Waals surface area contributed by atoms with Crippen LogP contribution >= 0.6 is 7.82 Å². The summed E-state index contributed by atoms with van der Waals surface area (Å²) >= 11 is 0. The zero-order valence-corrected chi connectivity index (χ0v) is 42.4. The highest BCUT2D eigenvalue weighted by Gasteiger charge is 2.23. The van der Waals surface area contributed by atoms with E-state index in [2.05, 4.69) is 67.8 Å². The van der Waals surface area contributed by atoms with Crippen LogP contribution in [0.15, 0.2) is 72.9 Å². The maximum absolute atomic E-state index is 12.8. The summed E-state index contributed by atoms with van der Waals surface area (Å²) in [6.45, 7) is 4.46. The summed E-state index contributed by atoms with van der Waals surface area (Å²) in [5, 5.41) is 13.7. The fraction of sp³-hybridized carbons (Fsp3) is 0.759. The molecule has 63 heavy (non-hydrogen) atoms. The van der Waals surface area contributed by atoms with E-state index in [1.807, 2.05) is 33.3 Å². The molecular formula is C54H99N2O6P. The normalized spacial score (nSPS) is 14.7. The second kappa shape index (κ2) is 45.1. The minimum atomic E-state index is -4.62. The van der Waals surface area contributed by atoms with Gasteiger partial charge >= 0.3 is 0 Å². The van der Waals surface area contributed by atoms with E-state index >= 15 is 0 Å². The molecule has 0 aromatic rings. The first kappa shape index (κ1) is 60.9. The summed E-state index contributed by atoms with van der Waals surface area (Å²) in [4.78, 5) is 25.3. The van der Waals surface area contributed by atoms with Crippen LogP contribution in [0.4, 0.5) is 0 Å². The Labute approximate surface area is 389 Å². The zero-order valence-electron chi connectivity index (χ0n) is 41.5. The minimum absolute atomic E-state index is 0.0204. The number of rotatable bonds is 46. The van der Waals surface area contributed by atoms with Gasteiger partial charge in [-0.25, -0.2) is 0 Å². The number of aliphatic hydroxyl groups is 1. The number of hydrogen-bond donors (Lipinski definition) is 2. The minimum Gasteiger partial charge on any atom is -0.756 e. The number of allylic oxidation sites excluding steroid dienone is 10. The van der Waals surface area contributed by atoms with E-state index in [4.69, 9.17) is 9.05 Å². The molecule has 0 bridgehead atoms. The van der Waals surface area contributed by atoms with Crippen LogP contribution < -0.4 is 10.2 Å². The van der Waals surface area contributed by atoms with E-state index in [1.165, 1.54) is 141 Å². The SMILES string of the molecule is CC/C=C\C/C=C\C/C=C\C/C=C\C/C=C\CC(=O)NC(COP(=O)([O-])OCC[N+](C)(C)C)C(O)/C=C/CCCCCCCCCCCCCCCCCCCCCCCCCC. The lowest BCUT2D eigenvalue weighted by molar-refractivity contribution is -0.870. The molecular weight excluding hydrogens is 804 g/mol. The maximum atomic E-state index is 12.8. The van der Waals surface area contributed by atoms with E-state index in [0.29, 0.717) is 17.4 Å². The highest BCUT2D eigenvalue weighted by atomic mass is 31.2. The Morgan fingerprint density at radius 1 is 0.571 bits per heavy atom. The number of phosphoric ester groups is 1. The van der Waals surface area contributed by atoms with Gasteiger partial charge in [0.1, 0.15) is 13.2 Å². The van der Waals surface area contributed by atoms with Gasteiger partial charge in [0.05, 0.1) is 39.9 Å². The third kappa shape index (κ3) is 47.7. The van der Waals surface area contributed by atoms with Crippen LogP contribution in [0.25, 0.3) is 0 Å². The number of carbonyl (C=O) groups excluding carboxylic acids is 1. The van der Waals surface area contributed by atoms with Crippen molar-refractivity contribution in [3.63, 3.8) is 0 Å². The van der Waals surface area contributed by atoms with E-state index in [-0.39, 0.29) is 18.9 Å². The monoisotopic (exact) mass is 903 g/mol. The van der Waals surface area contributed by atoms with Crippen LogP contribution in [0.1, 0.15) is 213 Å². The van der Waals surface area contributed by atoms with Gasteiger partial charge in [0.2, 0.25) is 5.91 Å². The molecule has 1 amide bonds. The van der Waals surface area contributed by atoms with Crippen LogP contribution in [0.3, 0.4) is 0 Å². The molecule has 0 heterocycles. The number of hydrogen-bond acceptors (Lipinski definition) is 6. The van der Waals surface area contributed by atoms with Gasteiger partial charge in [-0.15, -0.1) is 0 Å². The molecule has 0 rings (SSSR count). The number of likely N-dealkylation sites (N-methyl/N-ethyl adjacent to an activating group) is 1. The molecule has 0 aliphatic carbocycles. The van der Waals surface area contributed by atoms with Crippen molar-refractivity contribution < 1.29 is 32.9 Å². The average Bonchev–Trinajstić information content (AvgIpc) is 3.24. The summed E-state index contributed by atoms with van der Waals surface area (Å²) in [6.07, 6.45) is 61.5. The predicted molar refractivity (Wildman–Crippen MR) is 270 cm³/mol. The standard InChI is InChI=1S/C54H99N2O6P/c1-6-8-10-12-14-16-18-20-22-23-24-25-26-27-28-29-30-31-32-34-35-37-39-41-43-45-47-53(57)52(51-62-63(59,60)61-50-49-56(3,4)5)55-54(58)48-46-44-42-40-38-36-33-21-19-17-15-13-11-9-7-2/h9,11,15,17,21,33,38,40,44-47,52-53,57H,6-8,10,12-14,16,18-20,22-32,34-37,39,41-43,48-51H2,1-5H3,(H-,55,58,59,60)/b11-9-,17-15-,33-21-,40-38-,46-44-,47-45+.